The van der Waals surface area contributed by atoms with Crippen molar-refractivity contribution in [1.82, 2.24) is 9.97 Å². The van der Waals surface area contributed by atoms with Crippen LogP contribution >= 0.6 is 22.7 Å². The Labute approximate surface area is 97.0 Å². The third-order valence-electron chi connectivity index (χ3n) is 2.22. The van der Waals surface area contributed by atoms with Crippen LogP contribution in [-0.4, -0.2) is 9.97 Å². The highest BCUT2D eigenvalue weighted by Gasteiger charge is 2.13. The molecule has 1 unspecified atom stereocenters. The molecule has 15 heavy (non-hydrogen) atoms. The van der Waals surface area contributed by atoms with E-state index in [9.17, 15) is 0 Å². The standard InChI is InChI=1S/C10H13N3S2/c1-6-10(15-5-12-6)9(11)3-8-4-14-7(2)13-8/h4-5,9H,3,11H2,1-2H3. The van der Waals surface area contributed by atoms with Crippen LogP contribution in [0, 0.1) is 13.8 Å². The first-order valence-electron chi connectivity index (χ1n) is 4.73. The van der Waals surface area contributed by atoms with Gasteiger partial charge in [0, 0.05) is 22.7 Å². The minimum absolute atomic E-state index is 0.0269. The monoisotopic (exact) mass is 239 g/mol. The number of nitrogens with zero attached hydrogens (tertiary/aromatic N) is 2. The Kier molecular flexibility index (Phi) is 3.14. The Hall–Kier alpha value is -0.780. The summed E-state index contributed by atoms with van der Waals surface area (Å²) in [4.78, 5) is 9.79. The molecule has 0 aromatic carbocycles. The smallest absolute Gasteiger partial charge is 0.0897 e. The molecule has 0 bridgehead atoms. The normalized spacial score (nSPS) is 13.0. The molecule has 0 saturated heterocycles. The first-order chi connectivity index (χ1) is 7.16. The third-order valence-corrected chi connectivity index (χ3v) is 4.10. The van der Waals surface area contributed by atoms with Crippen molar-refractivity contribution in [3.05, 3.63) is 32.2 Å². The molecule has 1 atom stereocenters. The number of aromatic nitrogens is 2. The van der Waals surface area contributed by atoms with Crippen molar-refractivity contribution in [2.45, 2.75) is 26.3 Å². The van der Waals surface area contributed by atoms with Gasteiger partial charge in [0.2, 0.25) is 0 Å². The average Bonchev–Trinajstić information content (AvgIpc) is 2.75. The second-order valence-electron chi connectivity index (χ2n) is 3.47. The van der Waals surface area contributed by atoms with Crippen LogP contribution in [0.4, 0.5) is 0 Å². The molecule has 0 fully saturated rings. The molecule has 0 spiro atoms. The van der Waals surface area contributed by atoms with E-state index >= 15 is 0 Å². The summed E-state index contributed by atoms with van der Waals surface area (Å²) in [6, 6.07) is 0.0269. The molecule has 0 aliphatic carbocycles. The van der Waals surface area contributed by atoms with Crippen molar-refractivity contribution in [2.75, 3.05) is 0 Å². The summed E-state index contributed by atoms with van der Waals surface area (Å²) in [6.45, 7) is 4.01. The van der Waals surface area contributed by atoms with Crippen LogP contribution in [0.2, 0.25) is 0 Å². The Morgan fingerprint density at radius 1 is 1.40 bits per heavy atom. The van der Waals surface area contributed by atoms with Crippen molar-refractivity contribution in [3.8, 4) is 0 Å². The predicted molar refractivity (Wildman–Crippen MR) is 64.3 cm³/mol. The fourth-order valence-corrected chi connectivity index (χ4v) is 2.92. The van der Waals surface area contributed by atoms with Gasteiger partial charge in [-0.3, -0.25) is 0 Å². The van der Waals surface area contributed by atoms with Gasteiger partial charge in [0.05, 0.1) is 21.9 Å². The Morgan fingerprint density at radius 2 is 2.20 bits per heavy atom. The molecule has 80 valence electrons. The van der Waals surface area contributed by atoms with Gasteiger partial charge in [-0.05, 0) is 13.8 Å². The summed E-state index contributed by atoms with van der Waals surface area (Å²) in [5.74, 6) is 0. The predicted octanol–water partition coefficient (Wildman–Crippen LogP) is 2.46. The van der Waals surface area contributed by atoms with E-state index in [4.69, 9.17) is 5.73 Å². The Bertz CT molecular complexity index is 447. The molecular formula is C10H13N3S2. The topological polar surface area (TPSA) is 51.8 Å². The van der Waals surface area contributed by atoms with Crippen molar-refractivity contribution in [2.24, 2.45) is 5.73 Å². The molecule has 0 radical (unpaired) electrons. The third kappa shape index (κ3) is 2.42. The van der Waals surface area contributed by atoms with Crippen LogP contribution in [0.25, 0.3) is 0 Å². The van der Waals surface area contributed by atoms with E-state index in [1.54, 1.807) is 22.7 Å². The van der Waals surface area contributed by atoms with Crippen LogP contribution in [0.15, 0.2) is 10.9 Å². The van der Waals surface area contributed by atoms with Crippen LogP contribution in [-0.2, 0) is 6.42 Å². The fraction of sp³-hybridized carbons (Fsp3) is 0.400. The number of rotatable bonds is 3. The zero-order chi connectivity index (χ0) is 10.8. The van der Waals surface area contributed by atoms with Gasteiger partial charge < -0.3 is 5.73 Å². The van der Waals surface area contributed by atoms with Crippen molar-refractivity contribution < 1.29 is 0 Å². The second-order valence-corrected chi connectivity index (χ2v) is 5.42. The van der Waals surface area contributed by atoms with Crippen molar-refractivity contribution in [3.63, 3.8) is 0 Å². The summed E-state index contributed by atoms with van der Waals surface area (Å²) in [7, 11) is 0. The molecule has 0 amide bonds. The van der Waals surface area contributed by atoms with Gasteiger partial charge in [0.1, 0.15) is 0 Å². The van der Waals surface area contributed by atoms with Crippen LogP contribution < -0.4 is 5.73 Å². The molecule has 2 aromatic rings. The van der Waals surface area contributed by atoms with Gasteiger partial charge in [-0.25, -0.2) is 9.97 Å². The summed E-state index contributed by atoms with van der Waals surface area (Å²) in [5, 5.41) is 3.17. The average molecular weight is 239 g/mol. The number of aryl methyl sites for hydroxylation is 2. The molecular weight excluding hydrogens is 226 g/mol. The lowest BCUT2D eigenvalue weighted by Gasteiger charge is -2.07. The van der Waals surface area contributed by atoms with Gasteiger partial charge in [0.15, 0.2) is 0 Å². The van der Waals surface area contributed by atoms with Gasteiger partial charge in [-0.2, -0.15) is 0 Å². The fourth-order valence-electron chi connectivity index (χ4n) is 1.49. The summed E-state index contributed by atoms with van der Waals surface area (Å²) in [6.07, 6.45) is 0.799. The maximum absolute atomic E-state index is 6.12. The maximum Gasteiger partial charge on any atom is 0.0897 e. The zero-order valence-corrected chi connectivity index (χ0v) is 10.4. The molecule has 2 aromatic heterocycles. The zero-order valence-electron chi connectivity index (χ0n) is 8.73. The highest BCUT2D eigenvalue weighted by molar-refractivity contribution is 7.10. The van der Waals surface area contributed by atoms with E-state index in [2.05, 4.69) is 15.3 Å². The Balaban J connectivity index is 2.10. The molecule has 2 rings (SSSR count). The molecule has 0 aliphatic heterocycles. The van der Waals surface area contributed by atoms with Gasteiger partial charge >= 0.3 is 0 Å². The second kappa shape index (κ2) is 4.38. The molecule has 2 heterocycles. The highest BCUT2D eigenvalue weighted by Crippen LogP contribution is 2.23. The molecule has 2 N–H and O–H groups in total. The van der Waals surface area contributed by atoms with Crippen LogP contribution in [0.3, 0.4) is 0 Å². The maximum atomic E-state index is 6.12. The number of thiazole rings is 2. The number of hydrogen-bond acceptors (Lipinski definition) is 5. The Morgan fingerprint density at radius 3 is 2.73 bits per heavy atom. The van der Waals surface area contributed by atoms with E-state index in [-0.39, 0.29) is 6.04 Å². The first kappa shape index (κ1) is 10.7. The first-order valence-corrected chi connectivity index (χ1v) is 6.49. The van der Waals surface area contributed by atoms with Gasteiger partial charge in [0.25, 0.3) is 0 Å². The lowest BCUT2D eigenvalue weighted by Crippen LogP contribution is -2.13. The SMILES string of the molecule is Cc1nc(CC(N)c2scnc2C)cs1. The van der Waals surface area contributed by atoms with E-state index in [1.165, 1.54) is 4.88 Å². The van der Waals surface area contributed by atoms with E-state index in [1.807, 2.05) is 19.4 Å². The molecule has 0 aliphatic rings. The number of nitrogens with two attached hydrogens (primary N) is 1. The largest absolute Gasteiger partial charge is 0.323 e. The van der Waals surface area contributed by atoms with E-state index in [0.29, 0.717) is 0 Å². The van der Waals surface area contributed by atoms with Gasteiger partial charge in [-0.1, -0.05) is 0 Å². The summed E-state index contributed by atoms with van der Waals surface area (Å²) in [5.41, 5.74) is 10.1. The summed E-state index contributed by atoms with van der Waals surface area (Å²) < 4.78 is 0. The minimum atomic E-state index is 0.0269. The summed E-state index contributed by atoms with van der Waals surface area (Å²) >= 11 is 3.29. The van der Waals surface area contributed by atoms with Crippen molar-refractivity contribution in [1.29, 1.82) is 0 Å². The van der Waals surface area contributed by atoms with Crippen LogP contribution in [0.5, 0.6) is 0 Å². The van der Waals surface area contributed by atoms with Crippen LogP contribution in [0.1, 0.15) is 27.3 Å². The van der Waals surface area contributed by atoms with E-state index < -0.39 is 0 Å². The van der Waals surface area contributed by atoms with Crippen molar-refractivity contribution >= 4 is 22.7 Å². The minimum Gasteiger partial charge on any atom is -0.323 e. The molecule has 0 saturated carbocycles. The lowest BCUT2D eigenvalue weighted by atomic mass is 10.1. The lowest BCUT2D eigenvalue weighted by molar-refractivity contribution is 0.715. The molecule has 3 nitrogen and oxygen atoms in total. The highest BCUT2D eigenvalue weighted by atomic mass is 32.1. The quantitative estimate of drug-likeness (QED) is 0.895. The number of hydrogen-bond donors (Lipinski definition) is 1. The molecule has 5 heteroatoms. The van der Waals surface area contributed by atoms with Gasteiger partial charge in [-0.15, -0.1) is 22.7 Å². The van der Waals surface area contributed by atoms with E-state index in [0.717, 1.165) is 22.8 Å².